The molecule has 0 unspecified atom stereocenters. The zero-order valence-electron chi connectivity index (χ0n) is 10.8. The van der Waals surface area contributed by atoms with E-state index in [1.165, 1.54) is 22.5 Å². The van der Waals surface area contributed by atoms with Crippen LogP contribution in [-0.4, -0.2) is 35.1 Å². The third-order valence-electron chi connectivity index (χ3n) is 2.77. The maximum Gasteiger partial charge on any atom is 0.417 e. The van der Waals surface area contributed by atoms with Crippen LogP contribution in [0.1, 0.15) is 5.56 Å². The van der Waals surface area contributed by atoms with Crippen LogP contribution in [0.2, 0.25) is 5.02 Å². The Morgan fingerprint density at radius 3 is 2.77 bits per heavy atom. The van der Waals surface area contributed by atoms with Crippen LogP contribution in [-0.2, 0) is 12.7 Å². The summed E-state index contributed by atoms with van der Waals surface area (Å²) in [4.78, 5) is 3.80. The second-order valence-electron chi connectivity index (χ2n) is 4.26. The Labute approximate surface area is 131 Å². The van der Waals surface area contributed by atoms with Gasteiger partial charge in [-0.1, -0.05) is 23.4 Å². The summed E-state index contributed by atoms with van der Waals surface area (Å²) < 4.78 is 41.4. The molecule has 3 aromatic rings. The van der Waals surface area contributed by atoms with E-state index >= 15 is 0 Å². The van der Waals surface area contributed by atoms with Gasteiger partial charge in [0.25, 0.3) is 0 Å². The molecule has 0 amide bonds. The lowest BCUT2D eigenvalue weighted by Gasteiger charge is -2.08. The van der Waals surface area contributed by atoms with Gasteiger partial charge in [-0.3, -0.25) is 9.08 Å². The fourth-order valence-electron chi connectivity index (χ4n) is 1.77. The average Bonchev–Trinajstić information content (AvgIpc) is 3.08. The maximum atomic E-state index is 12.8. The van der Waals surface area contributed by atoms with Gasteiger partial charge in [-0.2, -0.15) is 18.3 Å². The van der Waals surface area contributed by atoms with Crippen molar-refractivity contribution in [3.8, 4) is 0 Å². The van der Waals surface area contributed by atoms with E-state index in [1.54, 1.807) is 11.0 Å². The molecule has 0 fully saturated rings. The van der Waals surface area contributed by atoms with E-state index in [0.717, 1.165) is 12.3 Å². The molecule has 0 saturated carbocycles. The number of hydrogen-bond donors (Lipinski definition) is 0. The molecule has 0 N–H and O–H groups in total. The molecule has 22 heavy (non-hydrogen) atoms. The normalized spacial score (nSPS) is 12.2. The van der Waals surface area contributed by atoms with E-state index < -0.39 is 11.7 Å². The lowest BCUT2D eigenvalue weighted by atomic mass is 10.3. The number of aryl methyl sites for hydroxylation is 1. The monoisotopic (exact) mass is 348 g/mol. The molecular formula is C11H8ClF3N6S. The summed E-state index contributed by atoms with van der Waals surface area (Å²) in [5.74, 6) is 0.554. The number of alkyl halides is 3. The van der Waals surface area contributed by atoms with Gasteiger partial charge in [0.2, 0.25) is 0 Å². The molecule has 3 rings (SSSR count). The van der Waals surface area contributed by atoms with Crippen molar-refractivity contribution in [3.63, 3.8) is 0 Å². The van der Waals surface area contributed by atoms with Crippen LogP contribution in [0.4, 0.5) is 13.2 Å². The molecule has 0 aliphatic rings. The largest absolute Gasteiger partial charge is 0.417 e. The van der Waals surface area contributed by atoms with E-state index in [9.17, 15) is 13.2 Å². The fraction of sp³-hybridized carbons (Fsp3) is 0.273. The summed E-state index contributed by atoms with van der Waals surface area (Å²) in [7, 11) is 0. The average molecular weight is 349 g/mol. The highest BCUT2D eigenvalue weighted by atomic mass is 35.5. The Kier molecular flexibility index (Phi) is 3.96. The summed E-state index contributed by atoms with van der Waals surface area (Å²) in [5, 5.41) is 11.9. The van der Waals surface area contributed by atoms with Gasteiger partial charge in [-0.05, 0) is 6.07 Å². The first kappa shape index (κ1) is 15.1. The first-order valence-corrected chi connectivity index (χ1v) is 7.38. The highest BCUT2D eigenvalue weighted by molar-refractivity contribution is 7.99. The topological polar surface area (TPSA) is 60.9 Å². The van der Waals surface area contributed by atoms with Gasteiger partial charge in [0.1, 0.15) is 12.7 Å². The van der Waals surface area contributed by atoms with Crippen molar-refractivity contribution in [2.24, 2.45) is 0 Å². The molecular weight excluding hydrogens is 341 g/mol. The van der Waals surface area contributed by atoms with Gasteiger partial charge < -0.3 is 0 Å². The third kappa shape index (κ3) is 3.02. The van der Waals surface area contributed by atoms with Crippen molar-refractivity contribution >= 4 is 29.0 Å². The first-order valence-electron chi connectivity index (χ1n) is 6.02. The SMILES string of the molecule is FC(F)(F)c1cc(Cl)c2nnc(SCCn3cncn3)n2c1. The van der Waals surface area contributed by atoms with E-state index in [4.69, 9.17) is 11.6 Å². The second-order valence-corrected chi connectivity index (χ2v) is 5.73. The number of fused-ring (bicyclic) bond motifs is 1. The number of hydrogen-bond acceptors (Lipinski definition) is 5. The van der Waals surface area contributed by atoms with Gasteiger partial charge >= 0.3 is 6.18 Å². The van der Waals surface area contributed by atoms with Crippen LogP contribution in [0.15, 0.2) is 30.1 Å². The van der Waals surface area contributed by atoms with Crippen molar-refractivity contribution in [3.05, 3.63) is 35.5 Å². The molecule has 0 aliphatic heterocycles. The standard InChI is InChI=1S/C11H8ClF3N6S/c12-8-3-7(11(13,14)15)4-21-9(8)18-19-10(21)22-2-1-20-6-16-5-17-20/h3-6H,1-2H2. The smallest absolute Gasteiger partial charge is 0.276 e. The summed E-state index contributed by atoms with van der Waals surface area (Å²) in [6, 6.07) is 0.843. The number of thioether (sulfide) groups is 1. The second kappa shape index (κ2) is 5.76. The quantitative estimate of drug-likeness (QED) is 0.678. The van der Waals surface area contributed by atoms with Gasteiger partial charge in [0.15, 0.2) is 10.8 Å². The molecule has 0 spiro atoms. The Hall–Kier alpha value is -1.81. The lowest BCUT2D eigenvalue weighted by Crippen LogP contribution is -2.07. The zero-order chi connectivity index (χ0) is 15.7. The fourth-order valence-corrected chi connectivity index (χ4v) is 2.85. The van der Waals surface area contributed by atoms with Crippen molar-refractivity contribution < 1.29 is 13.2 Å². The number of halogens is 4. The molecule has 0 aliphatic carbocycles. The van der Waals surface area contributed by atoms with E-state index in [-0.39, 0.29) is 10.7 Å². The Morgan fingerprint density at radius 1 is 1.27 bits per heavy atom. The van der Waals surface area contributed by atoms with E-state index in [2.05, 4.69) is 20.3 Å². The van der Waals surface area contributed by atoms with Crippen molar-refractivity contribution in [2.45, 2.75) is 17.9 Å². The van der Waals surface area contributed by atoms with Crippen molar-refractivity contribution in [2.75, 3.05) is 5.75 Å². The van der Waals surface area contributed by atoms with Crippen LogP contribution < -0.4 is 0 Å². The molecule has 6 nitrogen and oxygen atoms in total. The number of nitrogens with zero attached hydrogens (tertiary/aromatic N) is 6. The number of aromatic nitrogens is 6. The van der Waals surface area contributed by atoms with Crippen LogP contribution in [0.25, 0.3) is 5.65 Å². The van der Waals surface area contributed by atoms with E-state index in [0.29, 0.717) is 17.5 Å². The van der Waals surface area contributed by atoms with Crippen molar-refractivity contribution in [1.29, 1.82) is 0 Å². The zero-order valence-corrected chi connectivity index (χ0v) is 12.4. The summed E-state index contributed by atoms with van der Waals surface area (Å²) in [5.41, 5.74) is -0.652. The lowest BCUT2D eigenvalue weighted by molar-refractivity contribution is -0.137. The van der Waals surface area contributed by atoms with Crippen LogP contribution in [0, 0.1) is 0 Å². The maximum absolute atomic E-state index is 12.8. The highest BCUT2D eigenvalue weighted by Crippen LogP contribution is 2.33. The summed E-state index contributed by atoms with van der Waals surface area (Å²) >= 11 is 7.10. The van der Waals surface area contributed by atoms with E-state index in [1.807, 2.05) is 0 Å². The molecule has 0 saturated heterocycles. The summed E-state index contributed by atoms with van der Waals surface area (Å²) in [6.45, 7) is 0.548. The molecule has 11 heteroatoms. The molecule has 116 valence electrons. The Morgan fingerprint density at radius 2 is 2.09 bits per heavy atom. The molecule has 0 atom stereocenters. The molecule has 0 aromatic carbocycles. The number of pyridine rings is 1. The first-order chi connectivity index (χ1) is 10.4. The van der Waals surface area contributed by atoms with Crippen LogP contribution >= 0.6 is 23.4 Å². The molecule has 3 heterocycles. The predicted molar refractivity (Wildman–Crippen MR) is 73.7 cm³/mol. The Balaban J connectivity index is 1.85. The molecule has 3 aromatic heterocycles. The van der Waals surface area contributed by atoms with Gasteiger partial charge in [-0.25, -0.2) is 4.98 Å². The van der Waals surface area contributed by atoms with Gasteiger partial charge in [0, 0.05) is 11.9 Å². The minimum atomic E-state index is -4.48. The third-order valence-corrected chi connectivity index (χ3v) is 3.98. The van der Waals surface area contributed by atoms with Crippen molar-refractivity contribution in [1.82, 2.24) is 29.4 Å². The minimum absolute atomic E-state index is 0.0922. The van der Waals surface area contributed by atoms with Gasteiger partial charge in [-0.15, -0.1) is 10.2 Å². The minimum Gasteiger partial charge on any atom is -0.276 e. The predicted octanol–water partition coefficient (Wildman–Crippen LogP) is 2.79. The van der Waals surface area contributed by atoms with Gasteiger partial charge in [0.05, 0.1) is 17.1 Å². The summed E-state index contributed by atoms with van der Waals surface area (Å²) in [6.07, 6.45) is -0.572. The highest BCUT2D eigenvalue weighted by Gasteiger charge is 2.32. The van der Waals surface area contributed by atoms with Crippen LogP contribution in [0.3, 0.4) is 0 Å². The Bertz CT molecular complexity index is 785. The molecule has 0 bridgehead atoms. The molecule has 0 radical (unpaired) electrons. The number of rotatable bonds is 4. The van der Waals surface area contributed by atoms with Crippen LogP contribution in [0.5, 0.6) is 0 Å².